The van der Waals surface area contributed by atoms with Gasteiger partial charge < -0.3 is 19.1 Å². The number of nitrogens with zero attached hydrogens (tertiary/aromatic N) is 1. The molecule has 6 heteroatoms. The van der Waals surface area contributed by atoms with Crippen molar-refractivity contribution < 1.29 is 23.8 Å². The van der Waals surface area contributed by atoms with E-state index in [-0.39, 0.29) is 17.8 Å². The Labute approximate surface area is 150 Å². The second kappa shape index (κ2) is 10.6. The summed E-state index contributed by atoms with van der Waals surface area (Å²) in [6, 6.07) is 5.08. The molecule has 0 aliphatic rings. The molecule has 0 saturated carbocycles. The lowest BCUT2D eigenvalue weighted by atomic mass is 10.1. The SMILES string of the molecule is CCCCCN(CC(C)C(=O)OC)C(=O)c1cc(OC)cc(OC)c1. The summed E-state index contributed by atoms with van der Waals surface area (Å²) >= 11 is 0. The van der Waals surface area contributed by atoms with Crippen molar-refractivity contribution in [2.24, 2.45) is 5.92 Å². The van der Waals surface area contributed by atoms with Gasteiger partial charge in [-0.2, -0.15) is 0 Å². The highest BCUT2D eigenvalue weighted by atomic mass is 16.5. The number of carbonyl (C=O) groups is 2. The number of rotatable bonds is 10. The molecule has 1 aromatic rings. The smallest absolute Gasteiger partial charge is 0.310 e. The molecule has 0 spiro atoms. The van der Waals surface area contributed by atoms with Crippen LogP contribution < -0.4 is 9.47 Å². The van der Waals surface area contributed by atoms with Crippen molar-refractivity contribution >= 4 is 11.9 Å². The van der Waals surface area contributed by atoms with Gasteiger partial charge in [0.1, 0.15) is 11.5 Å². The molecule has 0 fully saturated rings. The van der Waals surface area contributed by atoms with E-state index in [1.165, 1.54) is 7.11 Å². The highest BCUT2D eigenvalue weighted by Gasteiger charge is 2.23. The summed E-state index contributed by atoms with van der Waals surface area (Å²) in [5.41, 5.74) is 0.477. The van der Waals surface area contributed by atoms with Crippen molar-refractivity contribution in [1.29, 1.82) is 0 Å². The van der Waals surface area contributed by atoms with E-state index in [4.69, 9.17) is 14.2 Å². The van der Waals surface area contributed by atoms with Gasteiger partial charge in [-0.1, -0.05) is 26.7 Å². The third kappa shape index (κ3) is 6.29. The van der Waals surface area contributed by atoms with Crippen LogP contribution >= 0.6 is 0 Å². The van der Waals surface area contributed by atoms with Crippen LogP contribution in [0.1, 0.15) is 43.5 Å². The van der Waals surface area contributed by atoms with Gasteiger partial charge in [-0.05, 0) is 18.6 Å². The van der Waals surface area contributed by atoms with Crippen molar-refractivity contribution in [3.63, 3.8) is 0 Å². The van der Waals surface area contributed by atoms with E-state index in [1.54, 1.807) is 44.2 Å². The zero-order valence-electron chi connectivity index (χ0n) is 15.8. The first-order chi connectivity index (χ1) is 12.0. The number of amides is 1. The standard InChI is InChI=1S/C19H29NO5/c1-6-7-8-9-20(13-14(2)19(22)25-5)18(21)15-10-16(23-3)12-17(11-15)24-4/h10-12,14H,6-9,13H2,1-5H3. The maximum Gasteiger partial charge on any atom is 0.310 e. The summed E-state index contributed by atoms with van der Waals surface area (Å²) in [5.74, 6) is 0.248. The molecule has 1 rings (SSSR count). The number of hydrogen-bond acceptors (Lipinski definition) is 5. The van der Waals surface area contributed by atoms with Gasteiger partial charge in [-0.25, -0.2) is 0 Å². The van der Waals surface area contributed by atoms with Crippen molar-refractivity contribution in [3.05, 3.63) is 23.8 Å². The maximum absolute atomic E-state index is 13.0. The first-order valence-electron chi connectivity index (χ1n) is 8.56. The van der Waals surface area contributed by atoms with E-state index in [0.29, 0.717) is 30.2 Å². The average molecular weight is 351 g/mol. The van der Waals surface area contributed by atoms with Gasteiger partial charge in [0.25, 0.3) is 5.91 Å². The third-order valence-electron chi connectivity index (χ3n) is 4.01. The molecular formula is C19H29NO5. The Morgan fingerprint density at radius 2 is 1.64 bits per heavy atom. The van der Waals surface area contributed by atoms with Gasteiger partial charge in [0, 0.05) is 24.7 Å². The first kappa shape index (κ1) is 20.8. The highest BCUT2D eigenvalue weighted by molar-refractivity contribution is 5.95. The number of esters is 1. The molecule has 6 nitrogen and oxygen atoms in total. The summed E-state index contributed by atoms with van der Waals surface area (Å²) in [5, 5.41) is 0. The summed E-state index contributed by atoms with van der Waals surface area (Å²) in [6.45, 7) is 4.77. The minimum Gasteiger partial charge on any atom is -0.497 e. The van der Waals surface area contributed by atoms with Gasteiger partial charge in [0.05, 0.1) is 27.2 Å². The van der Waals surface area contributed by atoms with Gasteiger partial charge >= 0.3 is 5.97 Å². The van der Waals surface area contributed by atoms with Gasteiger partial charge in [-0.3, -0.25) is 9.59 Å². The Morgan fingerprint density at radius 1 is 1.04 bits per heavy atom. The van der Waals surface area contributed by atoms with E-state index in [1.807, 2.05) is 0 Å². The summed E-state index contributed by atoms with van der Waals surface area (Å²) in [4.78, 5) is 26.4. The Hall–Kier alpha value is -2.24. The fourth-order valence-corrected chi connectivity index (χ4v) is 2.55. The number of unbranched alkanes of at least 4 members (excludes halogenated alkanes) is 2. The second-order valence-electron chi connectivity index (χ2n) is 5.98. The zero-order chi connectivity index (χ0) is 18.8. The lowest BCUT2D eigenvalue weighted by Gasteiger charge is -2.25. The van der Waals surface area contributed by atoms with E-state index >= 15 is 0 Å². The Kier molecular flexibility index (Phi) is 8.81. The second-order valence-corrected chi connectivity index (χ2v) is 5.98. The predicted molar refractivity (Wildman–Crippen MR) is 96.2 cm³/mol. The number of benzene rings is 1. The lowest BCUT2D eigenvalue weighted by Crippen LogP contribution is -2.38. The van der Waals surface area contributed by atoms with Crippen molar-refractivity contribution in [2.75, 3.05) is 34.4 Å². The molecule has 0 N–H and O–H groups in total. The van der Waals surface area contributed by atoms with Crippen LogP contribution in [0, 0.1) is 5.92 Å². The predicted octanol–water partition coefficient (Wildman–Crippen LogP) is 3.15. The monoisotopic (exact) mass is 351 g/mol. The van der Waals surface area contributed by atoms with Crippen LogP contribution in [0.25, 0.3) is 0 Å². The molecule has 0 heterocycles. The van der Waals surface area contributed by atoms with Crippen molar-refractivity contribution in [2.45, 2.75) is 33.1 Å². The van der Waals surface area contributed by atoms with Gasteiger partial charge in [0.2, 0.25) is 0 Å². The first-order valence-corrected chi connectivity index (χ1v) is 8.56. The van der Waals surface area contributed by atoms with E-state index in [0.717, 1.165) is 19.3 Å². The molecule has 0 radical (unpaired) electrons. The molecule has 25 heavy (non-hydrogen) atoms. The highest BCUT2D eigenvalue weighted by Crippen LogP contribution is 2.24. The Balaban J connectivity index is 3.02. The lowest BCUT2D eigenvalue weighted by molar-refractivity contribution is -0.145. The minimum atomic E-state index is -0.386. The molecule has 140 valence electrons. The average Bonchev–Trinajstić information content (AvgIpc) is 2.65. The van der Waals surface area contributed by atoms with E-state index in [9.17, 15) is 9.59 Å². The van der Waals surface area contributed by atoms with Crippen LogP contribution in [0.2, 0.25) is 0 Å². The Morgan fingerprint density at radius 3 is 2.12 bits per heavy atom. The molecule has 0 aliphatic carbocycles. The summed E-state index contributed by atoms with van der Waals surface area (Å²) < 4.78 is 15.3. The molecule has 0 bridgehead atoms. The van der Waals surface area contributed by atoms with Crippen LogP contribution in [0.4, 0.5) is 0 Å². The largest absolute Gasteiger partial charge is 0.497 e. The van der Waals surface area contributed by atoms with E-state index < -0.39 is 0 Å². The normalized spacial score (nSPS) is 11.6. The topological polar surface area (TPSA) is 65.1 Å². The number of carbonyl (C=O) groups excluding carboxylic acids is 2. The van der Waals surface area contributed by atoms with Crippen LogP contribution in [-0.2, 0) is 9.53 Å². The molecule has 1 unspecified atom stereocenters. The molecule has 0 aromatic heterocycles. The van der Waals surface area contributed by atoms with Crippen molar-refractivity contribution in [1.82, 2.24) is 4.90 Å². The number of hydrogen-bond donors (Lipinski definition) is 0. The molecule has 0 saturated heterocycles. The fourth-order valence-electron chi connectivity index (χ4n) is 2.55. The van der Waals surface area contributed by atoms with Crippen LogP contribution in [0.5, 0.6) is 11.5 Å². The molecule has 1 aromatic carbocycles. The zero-order valence-corrected chi connectivity index (χ0v) is 15.8. The van der Waals surface area contributed by atoms with Gasteiger partial charge in [0.15, 0.2) is 0 Å². The fraction of sp³-hybridized carbons (Fsp3) is 0.579. The van der Waals surface area contributed by atoms with Crippen LogP contribution in [-0.4, -0.2) is 51.2 Å². The number of methoxy groups -OCH3 is 3. The van der Waals surface area contributed by atoms with Crippen LogP contribution in [0.3, 0.4) is 0 Å². The molecule has 0 aliphatic heterocycles. The summed E-state index contributed by atoms with van der Waals surface area (Å²) in [6.07, 6.45) is 2.97. The minimum absolute atomic E-state index is 0.149. The molecule has 1 amide bonds. The van der Waals surface area contributed by atoms with Gasteiger partial charge in [-0.15, -0.1) is 0 Å². The molecular weight excluding hydrogens is 322 g/mol. The Bertz CT molecular complexity index is 551. The van der Waals surface area contributed by atoms with E-state index in [2.05, 4.69) is 6.92 Å². The summed E-state index contributed by atoms with van der Waals surface area (Å²) in [7, 11) is 4.44. The maximum atomic E-state index is 13.0. The quantitative estimate of drug-likeness (QED) is 0.479. The third-order valence-corrected chi connectivity index (χ3v) is 4.01. The number of ether oxygens (including phenoxy) is 3. The van der Waals surface area contributed by atoms with Crippen LogP contribution in [0.15, 0.2) is 18.2 Å². The molecule has 1 atom stereocenters. The van der Waals surface area contributed by atoms with Crippen molar-refractivity contribution in [3.8, 4) is 11.5 Å².